The van der Waals surface area contributed by atoms with Gasteiger partial charge in [-0.2, -0.15) is 0 Å². The van der Waals surface area contributed by atoms with E-state index in [0.29, 0.717) is 19.7 Å². The maximum atomic E-state index is 12.1. The Morgan fingerprint density at radius 3 is 3.00 bits per heavy atom. The number of morpholine rings is 1. The summed E-state index contributed by atoms with van der Waals surface area (Å²) in [4.78, 5) is 40.5. The molecule has 2 rings (SSSR count). The second kappa shape index (κ2) is 5.70. The van der Waals surface area contributed by atoms with Crippen LogP contribution in [0.5, 0.6) is 0 Å². The summed E-state index contributed by atoms with van der Waals surface area (Å²) in [6, 6.07) is 0. The number of carbonyl (C=O) groups excluding carboxylic acids is 2. The number of imidazole rings is 1. The summed E-state index contributed by atoms with van der Waals surface area (Å²) < 4.78 is 9.96. The van der Waals surface area contributed by atoms with Crippen molar-refractivity contribution in [2.75, 3.05) is 26.8 Å². The van der Waals surface area contributed by atoms with E-state index in [-0.39, 0.29) is 30.1 Å². The molecule has 1 atom stereocenters. The molecule has 1 aliphatic rings. The first-order valence-corrected chi connectivity index (χ1v) is 5.85. The molecule has 0 saturated carbocycles. The quantitative estimate of drug-likeness (QED) is 0.692. The van der Waals surface area contributed by atoms with Crippen molar-refractivity contribution < 1.29 is 19.1 Å². The molecule has 2 heterocycles. The van der Waals surface area contributed by atoms with Crippen molar-refractivity contribution >= 4 is 11.9 Å². The van der Waals surface area contributed by atoms with Crippen LogP contribution in [0.15, 0.2) is 11.0 Å². The van der Waals surface area contributed by atoms with Crippen LogP contribution in [0.3, 0.4) is 0 Å². The molecule has 0 radical (unpaired) electrons. The molecule has 1 aliphatic heterocycles. The summed E-state index contributed by atoms with van der Waals surface area (Å²) in [6.07, 6.45) is 1.05. The van der Waals surface area contributed by atoms with Crippen LogP contribution in [0.4, 0.5) is 0 Å². The maximum Gasteiger partial charge on any atom is 0.323 e. The van der Waals surface area contributed by atoms with Crippen molar-refractivity contribution in [2.45, 2.75) is 12.5 Å². The number of hydrogen-bond acceptors (Lipinski definition) is 5. The van der Waals surface area contributed by atoms with E-state index in [4.69, 9.17) is 4.74 Å². The molecule has 1 saturated heterocycles. The van der Waals surface area contributed by atoms with E-state index in [1.165, 1.54) is 18.2 Å². The number of carbonyl (C=O) groups is 2. The number of aromatic nitrogens is 2. The Morgan fingerprint density at radius 2 is 2.37 bits per heavy atom. The first kappa shape index (κ1) is 13.3. The molecule has 8 heteroatoms. The molecular weight excluding hydrogens is 254 g/mol. The van der Waals surface area contributed by atoms with Gasteiger partial charge in [0, 0.05) is 19.3 Å². The van der Waals surface area contributed by atoms with Gasteiger partial charge in [-0.05, 0) is 0 Å². The Labute approximate surface area is 108 Å². The van der Waals surface area contributed by atoms with Gasteiger partial charge in [-0.3, -0.25) is 9.59 Å². The third-order valence-corrected chi connectivity index (χ3v) is 2.87. The van der Waals surface area contributed by atoms with Crippen LogP contribution >= 0.6 is 0 Å². The fraction of sp³-hybridized carbons (Fsp3) is 0.545. The van der Waals surface area contributed by atoms with Crippen molar-refractivity contribution in [3.8, 4) is 0 Å². The van der Waals surface area contributed by atoms with Gasteiger partial charge in [-0.15, -0.1) is 0 Å². The van der Waals surface area contributed by atoms with E-state index in [1.54, 1.807) is 0 Å². The largest absolute Gasteiger partial charge is 0.469 e. The molecule has 0 aliphatic carbocycles. The van der Waals surface area contributed by atoms with Gasteiger partial charge in [-0.25, -0.2) is 4.79 Å². The lowest BCUT2D eigenvalue weighted by molar-refractivity contribution is -0.145. The van der Waals surface area contributed by atoms with Crippen LogP contribution in [0.1, 0.15) is 16.9 Å². The number of esters is 1. The predicted octanol–water partition coefficient (Wildman–Crippen LogP) is -0.893. The normalized spacial score (nSPS) is 19.2. The Bertz CT molecular complexity index is 520. The number of hydrogen-bond donors (Lipinski definition) is 2. The Hall–Kier alpha value is -2.09. The van der Waals surface area contributed by atoms with Crippen LogP contribution in [0, 0.1) is 0 Å². The molecule has 1 aromatic heterocycles. The first-order chi connectivity index (χ1) is 9.10. The van der Waals surface area contributed by atoms with Gasteiger partial charge in [0.15, 0.2) is 0 Å². The third-order valence-electron chi connectivity index (χ3n) is 2.87. The van der Waals surface area contributed by atoms with Crippen molar-refractivity contribution in [3.05, 3.63) is 22.4 Å². The molecular formula is C11H15N3O5. The van der Waals surface area contributed by atoms with Crippen LogP contribution in [0.2, 0.25) is 0 Å². The third kappa shape index (κ3) is 3.22. The SMILES string of the molecule is COC(=O)CC1CN(C(=O)c2c[nH]c(=O)[nH]2)CCO1. The van der Waals surface area contributed by atoms with Crippen molar-refractivity contribution in [1.82, 2.24) is 14.9 Å². The lowest BCUT2D eigenvalue weighted by Gasteiger charge is -2.32. The second-order valence-electron chi connectivity index (χ2n) is 4.18. The van der Waals surface area contributed by atoms with E-state index >= 15 is 0 Å². The fourth-order valence-corrected chi connectivity index (χ4v) is 1.91. The summed E-state index contributed by atoms with van der Waals surface area (Å²) in [5.41, 5.74) is -0.230. The number of nitrogens with one attached hydrogen (secondary N) is 2. The number of rotatable bonds is 3. The van der Waals surface area contributed by atoms with Crippen molar-refractivity contribution in [2.24, 2.45) is 0 Å². The van der Waals surface area contributed by atoms with E-state index in [2.05, 4.69) is 14.7 Å². The van der Waals surface area contributed by atoms with Crippen LogP contribution in [0.25, 0.3) is 0 Å². The highest BCUT2D eigenvalue weighted by Crippen LogP contribution is 2.11. The molecule has 0 spiro atoms. The first-order valence-electron chi connectivity index (χ1n) is 5.85. The van der Waals surface area contributed by atoms with Crippen LogP contribution in [-0.2, 0) is 14.3 Å². The van der Waals surface area contributed by atoms with Gasteiger partial charge in [-0.1, -0.05) is 0 Å². The molecule has 0 aromatic carbocycles. The molecule has 1 amide bonds. The predicted molar refractivity (Wildman–Crippen MR) is 63.7 cm³/mol. The lowest BCUT2D eigenvalue weighted by Crippen LogP contribution is -2.46. The second-order valence-corrected chi connectivity index (χ2v) is 4.18. The van der Waals surface area contributed by atoms with Crippen LogP contribution < -0.4 is 5.69 Å². The molecule has 0 bridgehead atoms. The number of ether oxygens (including phenoxy) is 2. The van der Waals surface area contributed by atoms with Gasteiger partial charge in [0.25, 0.3) is 5.91 Å². The highest BCUT2D eigenvalue weighted by Gasteiger charge is 2.27. The number of H-pyrrole nitrogens is 2. The zero-order valence-electron chi connectivity index (χ0n) is 10.5. The maximum absolute atomic E-state index is 12.1. The van der Waals surface area contributed by atoms with Gasteiger partial charge in [0.05, 0.1) is 26.2 Å². The Balaban J connectivity index is 1.99. The molecule has 104 valence electrons. The molecule has 1 aromatic rings. The summed E-state index contributed by atoms with van der Waals surface area (Å²) in [7, 11) is 1.30. The fourth-order valence-electron chi connectivity index (χ4n) is 1.91. The minimum absolute atomic E-state index is 0.101. The van der Waals surface area contributed by atoms with Gasteiger partial charge in [0.1, 0.15) is 5.69 Å². The summed E-state index contributed by atoms with van der Waals surface area (Å²) >= 11 is 0. The summed E-state index contributed by atoms with van der Waals surface area (Å²) in [5.74, 6) is -0.675. The Morgan fingerprint density at radius 1 is 1.58 bits per heavy atom. The van der Waals surface area contributed by atoms with Gasteiger partial charge >= 0.3 is 11.7 Å². The topological polar surface area (TPSA) is 104 Å². The highest BCUT2D eigenvalue weighted by molar-refractivity contribution is 5.92. The van der Waals surface area contributed by atoms with Gasteiger partial charge in [0.2, 0.25) is 0 Å². The molecule has 1 fully saturated rings. The van der Waals surface area contributed by atoms with Crippen molar-refractivity contribution in [1.29, 1.82) is 0 Å². The lowest BCUT2D eigenvalue weighted by atomic mass is 10.2. The molecule has 1 unspecified atom stereocenters. The highest BCUT2D eigenvalue weighted by atomic mass is 16.5. The van der Waals surface area contributed by atoms with E-state index in [1.807, 2.05) is 0 Å². The number of nitrogens with zero attached hydrogens (tertiary/aromatic N) is 1. The number of amides is 1. The number of methoxy groups -OCH3 is 1. The minimum atomic E-state index is -0.428. The molecule has 8 nitrogen and oxygen atoms in total. The monoisotopic (exact) mass is 269 g/mol. The zero-order valence-corrected chi connectivity index (χ0v) is 10.5. The number of aromatic amines is 2. The van der Waals surface area contributed by atoms with Crippen molar-refractivity contribution in [3.63, 3.8) is 0 Å². The standard InChI is InChI=1S/C11H15N3O5/c1-18-9(15)4-7-6-14(2-3-19-7)10(16)8-5-12-11(17)13-8/h5,7H,2-4,6H2,1H3,(H2,12,13,17). The average molecular weight is 269 g/mol. The van der Waals surface area contributed by atoms with E-state index < -0.39 is 5.69 Å². The van der Waals surface area contributed by atoms with E-state index in [9.17, 15) is 14.4 Å². The van der Waals surface area contributed by atoms with Crippen LogP contribution in [-0.4, -0.2) is 59.7 Å². The summed E-state index contributed by atoms with van der Waals surface area (Å²) in [6.45, 7) is 1.06. The zero-order chi connectivity index (χ0) is 13.8. The summed E-state index contributed by atoms with van der Waals surface area (Å²) in [5, 5.41) is 0. The van der Waals surface area contributed by atoms with Gasteiger partial charge < -0.3 is 24.3 Å². The molecule has 19 heavy (non-hydrogen) atoms. The Kier molecular flexibility index (Phi) is 4.00. The average Bonchev–Trinajstić information content (AvgIpc) is 2.84. The minimum Gasteiger partial charge on any atom is -0.469 e. The smallest absolute Gasteiger partial charge is 0.323 e. The van der Waals surface area contributed by atoms with E-state index in [0.717, 1.165) is 0 Å². The molecule has 2 N–H and O–H groups in total.